The smallest absolute Gasteiger partial charge is 0.280 e. The van der Waals surface area contributed by atoms with E-state index in [1.165, 1.54) is 15.4 Å². The van der Waals surface area contributed by atoms with Gasteiger partial charge in [0.1, 0.15) is 10.6 Å². The Bertz CT molecular complexity index is 1310. The molecular weight excluding hydrogens is 441 g/mol. The van der Waals surface area contributed by atoms with Gasteiger partial charge in [0, 0.05) is 12.2 Å². The summed E-state index contributed by atoms with van der Waals surface area (Å²) >= 11 is 0. The van der Waals surface area contributed by atoms with E-state index in [1.807, 2.05) is 12.1 Å². The lowest BCUT2D eigenvalue weighted by atomic mass is 9.79. The maximum Gasteiger partial charge on any atom is 0.433 e. The summed E-state index contributed by atoms with van der Waals surface area (Å²) in [4.78, 5) is 3.13. The molecule has 10 heteroatoms. The molecule has 1 N–H and O–H groups in total. The molecule has 2 bridgehead atoms. The minimum Gasteiger partial charge on any atom is -0.280 e. The van der Waals surface area contributed by atoms with E-state index in [1.54, 1.807) is 6.20 Å². The maximum absolute atomic E-state index is 13.7. The third kappa shape index (κ3) is 2.92. The lowest BCUT2D eigenvalue weighted by Gasteiger charge is -2.45. The molecule has 4 heterocycles. The predicted octanol–water partition coefficient (Wildman–Crippen LogP) is 3.96. The first kappa shape index (κ1) is 19.9. The molecule has 2 aliphatic heterocycles. The molecule has 1 saturated carbocycles. The minimum atomic E-state index is -4.63. The first-order valence-corrected chi connectivity index (χ1v) is 11.9. The SMILES string of the molecule is O=S(=O)(c1ccc(C(F)(F)F)nc1)N1C2Cc3cn[nH]c3C1c1cccc(C3CC3)c1C2. The number of hydrogen-bond acceptors (Lipinski definition) is 4. The highest BCUT2D eigenvalue weighted by Crippen LogP contribution is 2.50. The fourth-order valence-electron chi connectivity index (χ4n) is 5.14. The Morgan fingerprint density at radius 3 is 2.50 bits per heavy atom. The molecule has 6 nitrogen and oxygen atoms in total. The lowest BCUT2D eigenvalue weighted by Crippen LogP contribution is -2.51. The van der Waals surface area contributed by atoms with Crippen molar-refractivity contribution >= 4 is 10.0 Å². The summed E-state index contributed by atoms with van der Waals surface area (Å²) in [6, 6.07) is 6.81. The summed E-state index contributed by atoms with van der Waals surface area (Å²) < 4.78 is 67.6. The van der Waals surface area contributed by atoms with Crippen molar-refractivity contribution in [3.8, 4) is 0 Å². The van der Waals surface area contributed by atoms with Gasteiger partial charge in [0.25, 0.3) is 0 Å². The van der Waals surface area contributed by atoms with Crippen molar-refractivity contribution < 1.29 is 21.6 Å². The zero-order valence-corrected chi connectivity index (χ0v) is 17.6. The fourth-order valence-corrected chi connectivity index (χ4v) is 6.85. The second-order valence-corrected chi connectivity index (χ2v) is 10.5. The van der Waals surface area contributed by atoms with Gasteiger partial charge in [-0.1, -0.05) is 18.2 Å². The van der Waals surface area contributed by atoms with Crippen molar-refractivity contribution in [2.24, 2.45) is 0 Å². The van der Waals surface area contributed by atoms with Crippen molar-refractivity contribution in [1.29, 1.82) is 0 Å². The normalized spacial score (nSPS) is 23.0. The summed E-state index contributed by atoms with van der Waals surface area (Å²) in [5.41, 5.74) is 3.97. The van der Waals surface area contributed by atoms with E-state index in [-0.39, 0.29) is 10.9 Å². The van der Waals surface area contributed by atoms with Gasteiger partial charge < -0.3 is 0 Å². The molecule has 32 heavy (non-hydrogen) atoms. The average Bonchev–Trinajstić information content (AvgIpc) is 3.50. The molecule has 2 unspecified atom stereocenters. The van der Waals surface area contributed by atoms with Gasteiger partial charge in [0.05, 0.1) is 17.9 Å². The van der Waals surface area contributed by atoms with Crippen LogP contribution in [0.5, 0.6) is 0 Å². The molecule has 3 aliphatic rings. The first-order chi connectivity index (χ1) is 15.2. The van der Waals surface area contributed by atoms with Crippen LogP contribution in [0.1, 0.15) is 58.4 Å². The van der Waals surface area contributed by atoms with Crippen molar-refractivity contribution in [2.75, 3.05) is 0 Å². The topological polar surface area (TPSA) is 79.0 Å². The largest absolute Gasteiger partial charge is 0.433 e. The molecule has 0 radical (unpaired) electrons. The number of nitrogens with zero attached hydrogens (tertiary/aromatic N) is 3. The molecule has 3 aromatic rings. The summed E-state index contributed by atoms with van der Waals surface area (Å²) in [7, 11) is -4.11. The quantitative estimate of drug-likeness (QED) is 0.642. The average molecular weight is 460 g/mol. The third-order valence-corrected chi connectivity index (χ3v) is 8.60. The van der Waals surface area contributed by atoms with E-state index in [0.717, 1.165) is 41.9 Å². The number of hydrogen-bond donors (Lipinski definition) is 1. The third-order valence-electron chi connectivity index (χ3n) is 6.70. The van der Waals surface area contributed by atoms with E-state index >= 15 is 0 Å². The minimum absolute atomic E-state index is 0.245. The van der Waals surface area contributed by atoms with E-state index in [9.17, 15) is 21.6 Å². The van der Waals surface area contributed by atoms with Gasteiger partial charge in [-0.15, -0.1) is 0 Å². The van der Waals surface area contributed by atoms with Crippen LogP contribution < -0.4 is 0 Å². The van der Waals surface area contributed by atoms with Crippen LogP contribution >= 0.6 is 0 Å². The number of rotatable bonds is 3. The van der Waals surface area contributed by atoms with Crippen LogP contribution in [-0.2, 0) is 29.0 Å². The van der Waals surface area contributed by atoms with Gasteiger partial charge in [-0.2, -0.15) is 22.6 Å². The molecular formula is C22H19F3N4O2S. The zero-order chi connectivity index (χ0) is 22.3. The van der Waals surface area contributed by atoms with Crippen molar-refractivity contribution in [3.63, 3.8) is 0 Å². The number of halogens is 3. The maximum atomic E-state index is 13.7. The molecule has 2 atom stereocenters. The van der Waals surface area contributed by atoms with Crippen LogP contribution in [0.2, 0.25) is 0 Å². The molecule has 0 amide bonds. The van der Waals surface area contributed by atoms with Gasteiger partial charge >= 0.3 is 6.18 Å². The second kappa shape index (κ2) is 6.64. The highest BCUT2D eigenvalue weighted by Gasteiger charge is 2.49. The van der Waals surface area contributed by atoms with Gasteiger partial charge in [-0.05, 0) is 66.0 Å². The van der Waals surface area contributed by atoms with Crippen LogP contribution in [0.25, 0.3) is 0 Å². The van der Waals surface area contributed by atoms with Crippen LogP contribution in [-0.4, -0.2) is 33.9 Å². The Kier molecular flexibility index (Phi) is 4.14. The molecule has 0 saturated heterocycles. The molecule has 1 aromatic carbocycles. The predicted molar refractivity (Wildman–Crippen MR) is 108 cm³/mol. The highest BCUT2D eigenvalue weighted by atomic mass is 32.2. The number of sulfonamides is 1. The van der Waals surface area contributed by atoms with Crippen LogP contribution in [0.15, 0.2) is 47.6 Å². The Labute approximate surface area is 182 Å². The van der Waals surface area contributed by atoms with E-state index in [0.29, 0.717) is 24.8 Å². The van der Waals surface area contributed by atoms with Crippen LogP contribution in [0.3, 0.4) is 0 Å². The van der Waals surface area contributed by atoms with Crippen molar-refractivity contribution in [3.05, 3.63) is 76.4 Å². The van der Waals surface area contributed by atoms with Gasteiger partial charge in [0.2, 0.25) is 10.0 Å². The standard InChI is InChI=1S/C22H19F3N4O2S/c23-22(24,25)19-7-6-15(11-26-19)32(30,31)29-14-8-13-10-27-28-20(13)21(29)17-3-1-2-16(12-4-5-12)18(17)9-14/h1-3,6-7,10-12,14,21H,4-5,8-9H2,(H,27,28). The van der Waals surface area contributed by atoms with Crippen LogP contribution in [0.4, 0.5) is 13.2 Å². The summed E-state index contributed by atoms with van der Waals surface area (Å²) in [5.74, 6) is 0.522. The molecule has 1 fully saturated rings. The van der Waals surface area contributed by atoms with Gasteiger partial charge in [-0.3, -0.25) is 10.1 Å². The molecule has 0 spiro atoms. The Morgan fingerprint density at radius 1 is 1.03 bits per heavy atom. The Hall–Kier alpha value is -2.72. The zero-order valence-electron chi connectivity index (χ0n) is 16.8. The monoisotopic (exact) mass is 460 g/mol. The van der Waals surface area contributed by atoms with E-state index < -0.39 is 27.9 Å². The molecule has 6 rings (SSSR count). The number of pyridine rings is 1. The lowest BCUT2D eigenvalue weighted by molar-refractivity contribution is -0.141. The number of nitrogens with one attached hydrogen (secondary N) is 1. The number of alkyl halides is 3. The second-order valence-electron chi connectivity index (χ2n) is 8.67. The number of aromatic amines is 1. The highest BCUT2D eigenvalue weighted by molar-refractivity contribution is 7.89. The van der Waals surface area contributed by atoms with Crippen molar-refractivity contribution in [1.82, 2.24) is 19.5 Å². The van der Waals surface area contributed by atoms with Crippen molar-refractivity contribution in [2.45, 2.75) is 54.8 Å². The van der Waals surface area contributed by atoms with Crippen LogP contribution in [0, 0.1) is 0 Å². The van der Waals surface area contributed by atoms with E-state index in [4.69, 9.17) is 0 Å². The molecule has 166 valence electrons. The molecule has 1 aliphatic carbocycles. The van der Waals surface area contributed by atoms with E-state index in [2.05, 4.69) is 21.2 Å². The number of benzene rings is 1. The fraction of sp³-hybridized carbons (Fsp3) is 0.364. The van der Waals surface area contributed by atoms with Gasteiger partial charge in [-0.25, -0.2) is 8.42 Å². The summed E-state index contributed by atoms with van der Waals surface area (Å²) in [5, 5.41) is 7.13. The Balaban J connectivity index is 1.49. The Morgan fingerprint density at radius 2 is 1.81 bits per heavy atom. The summed E-state index contributed by atoms with van der Waals surface area (Å²) in [6.07, 6.45) is 1.24. The number of H-pyrrole nitrogens is 1. The molecule has 2 aromatic heterocycles. The van der Waals surface area contributed by atoms with Gasteiger partial charge in [0.15, 0.2) is 0 Å². The summed E-state index contributed by atoms with van der Waals surface area (Å²) in [6.45, 7) is 0. The number of aromatic nitrogens is 3. The number of fused-ring (bicyclic) bond motifs is 6. The first-order valence-electron chi connectivity index (χ1n) is 10.5.